The summed E-state index contributed by atoms with van der Waals surface area (Å²) >= 11 is 0. The number of alkyl carbamates (subject to hydrolysis) is 1. The monoisotopic (exact) mass is 350 g/mol. The fraction of sp³-hybridized carbons (Fsp3) is 0.375. The third kappa shape index (κ3) is 7.82. The summed E-state index contributed by atoms with van der Waals surface area (Å²) in [6, 6.07) is 6.85. The van der Waals surface area contributed by atoms with Crippen molar-refractivity contribution >= 4 is 23.9 Å². The van der Waals surface area contributed by atoms with Gasteiger partial charge in [0, 0.05) is 0 Å². The first kappa shape index (κ1) is 19.9. The summed E-state index contributed by atoms with van der Waals surface area (Å²) in [5.74, 6) is -2.74. The van der Waals surface area contributed by atoms with Gasteiger partial charge >= 0.3 is 6.09 Å². The topological polar surface area (TPSA) is 137 Å². The summed E-state index contributed by atoms with van der Waals surface area (Å²) in [7, 11) is 0. The molecule has 0 spiro atoms. The van der Waals surface area contributed by atoms with Gasteiger partial charge in [-0.05, 0) is 19.4 Å². The standard InChI is InChI=1S/C16H21N3O6/c1-10(14(21)19-11(2)15(22)23)18-13(20)8-17-16(24)25-9-12-6-4-3-5-7-12/h3-7,10-11H,8-9H2,1-2H3,(H,17,24)(H,18,20)(H,19,21)(H,22,23)/p-1. The Morgan fingerprint density at radius 3 is 2.28 bits per heavy atom. The van der Waals surface area contributed by atoms with E-state index in [2.05, 4.69) is 16.0 Å². The number of benzene rings is 1. The Morgan fingerprint density at radius 2 is 1.68 bits per heavy atom. The molecule has 0 bridgehead atoms. The van der Waals surface area contributed by atoms with E-state index in [4.69, 9.17) is 4.74 Å². The molecule has 0 saturated heterocycles. The normalized spacial score (nSPS) is 12.4. The van der Waals surface area contributed by atoms with Crippen molar-refractivity contribution in [1.29, 1.82) is 0 Å². The fourth-order valence-electron chi connectivity index (χ4n) is 1.68. The van der Waals surface area contributed by atoms with Crippen molar-refractivity contribution in [2.24, 2.45) is 0 Å². The highest BCUT2D eigenvalue weighted by molar-refractivity contribution is 5.90. The molecule has 136 valence electrons. The average molecular weight is 350 g/mol. The van der Waals surface area contributed by atoms with E-state index in [-0.39, 0.29) is 13.2 Å². The Morgan fingerprint density at radius 1 is 1.04 bits per heavy atom. The molecule has 2 atom stereocenters. The summed E-state index contributed by atoms with van der Waals surface area (Å²) in [5, 5.41) is 17.3. The highest BCUT2D eigenvalue weighted by Crippen LogP contribution is 2.00. The quantitative estimate of drug-likeness (QED) is 0.531. The van der Waals surface area contributed by atoms with Crippen molar-refractivity contribution < 1.29 is 29.0 Å². The third-order valence-electron chi connectivity index (χ3n) is 3.09. The Balaban J connectivity index is 2.28. The minimum atomic E-state index is -1.44. The number of aliphatic carboxylic acids is 1. The van der Waals surface area contributed by atoms with Crippen molar-refractivity contribution in [2.75, 3.05) is 6.54 Å². The molecule has 0 heterocycles. The molecular formula is C16H20N3O6-. The highest BCUT2D eigenvalue weighted by Gasteiger charge is 2.18. The summed E-state index contributed by atoms with van der Waals surface area (Å²) in [6.07, 6.45) is -0.776. The molecule has 0 aliphatic heterocycles. The Hall–Kier alpha value is -3.10. The van der Waals surface area contributed by atoms with Crippen molar-refractivity contribution in [2.45, 2.75) is 32.5 Å². The lowest BCUT2D eigenvalue weighted by Gasteiger charge is -2.19. The molecule has 1 rings (SSSR count). The number of carbonyl (C=O) groups excluding carboxylic acids is 4. The van der Waals surface area contributed by atoms with E-state index in [9.17, 15) is 24.3 Å². The van der Waals surface area contributed by atoms with Crippen molar-refractivity contribution in [3.63, 3.8) is 0 Å². The molecule has 2 unspecified atom stereocenters. The number of hydrogen-bond donors (Lipinski definition) is 3. The first-order valence-electron chi connectivity index (χ1n) is 7.54. The molecule has 0 aliphatic rings. The number of carboxylic acids is 1. The lowest BCUT2D eigenvalue weighted by molar-refractivity contribution is -0.307. The van der Waals surface area contributed by atoms with Gasteiger partial charge in [-0.15, -0.1) is 0 Å². The Labute approximate surface area is 144 Å². The van der Waals surface area contributed by atoms with Gasteiger partial charge in [-0.3, -0.25) is 9.59 Å². The van der Waals surface area contributed by atoms with Gasteiger partial charge in [0.2, 0.25) is 11.8 Å². The summed E-state index contributed by atoms with van der Waals surface area (Å²) in [6.45, 7) is 2.30. The number of ether oxygens (including phenoxy) is 1. The van der Waals surface area contributed by atoms with Gasteiger partial charge < -0.3 is 30.6 Å². The van der Waals surface area contributed by atoms with Gasteiger partial charge in [0.05, 0.1) is 12.0 Å². The minimum Gasteiger partial charge on any atom is -0.548 e. The molecule has 0 radical (unpaired) electrons. The SMILES string of the molecule is CC(NC(=O)C(C)NC(=O)CNC(=O)OCc1ccccc1)C(=O)[O-]. The largest absolute Gasteiger partial charge is 0.548 e. The number of carbonyl (C=O) groups is 4. The molecule has 1 aromatic rings. The van der Waals surface area contributed by atoms with E-state index in [1.807, 2.05) is 6.07 Å². The van der Waals surface area contributed by atoms with Crippen LogP contribution in [0.25, 0.3) is 0 Å². The van der Waals surface area contributed by atoms with Crippen LogP contribution in [-0.4, -0.2) is 42.5 Å². The zero-order valence-electron chi connectivity index (χ0n) is 13.9. The van der Waals surface area contributed by atoms with Crippen molar-refractivity contribution in [3.05, 3.63) is 35.9 Å². The molecule has 9 heteroatoms. The average Bonchev–Trinajstić information content (AvgIpc) is 2.58. The smallest absolute Gasteiger partial charge is 0.407 e. The highest BCUT2D eigenvalue weighted by atomic mass is 16.5. The van der Waals surface area contributed by atoms with E-state index in [1.54, 1.807) is 24.3 Å². The summed E-state index contributed by atoms with van der Waals surface area (Å²) < 4.78 is 4.93. The first-order valence-corrected chi connectivity index (χ1v) is 7.54. The molecule has 0 aromatic heterocycles. The van der Waals surface area contributed by atoms with E-state index in [0.717, 1.165) is 5.56 Å². The molecule has 1 aromatic carbocycles. The molecule has 3 amide bonds. The number of nitrogens with one attached hydrogen (secondary N) is 3. The third-order valence-corrected chi connectivity index (χ3v) is 3.09. The minimum absolute atomic E-state index is 0.0637. The van der Waals surface area contributed by atoms with Crippen molar-refractivity contribution in [1.82, 2.24) is 16.0 Å². The maximum Gasteiger partial charge on any atom is 0.407 e. The van der Waals surface area contributed by atoms with E-state index >= 15 is 0 Å². The summed E-state index contributed by atoms with van der Waals surface area (Å²) in [5.41, 5.74) is 0.800. The van der Waals surface area contributed by atoms with Crippen LogP contribution in [0, 0.1) is 0 Å². The van der Waals surface area contributed by atoms with Crippen LogP contribution < -0.4 is 21.1 Å². The molecule has 0 fully saturated rings. The number of amides is 3. The maximum atomic E-state index is 11.7. The zero-order valence-corrected chi connectivity index (χ0v) is 13.9. The molecular weight excluding hydrogens is 330 g/mol. The second kappa shape index (κ2) is 9.91. The van der Waals surface area contributed by atoms with E-state index < -0.39 is 36.0 Å². The lowest BCUT2D eigenvalue weighted by atomic mass is 10.2. The van der Waals surface area contributed by atoms with Gasteiger partial charge in [-0.25, -0.2) is 4.79 Å². The van der Waals surface area contributed by atoms with Gasteiger partial charge in [-0.2, -0.15) is 0 Å². The predicted molar refractivity (Wildman–Crippen MR) is 84.8 cm³/mol. The number of carboxylic acid groups (broad SMARTS) is 1. The van der Waals surface area contributed by atoms with Crippen LogP contribution in [0.5, 0.6) is 0 Å². The van der Waals surface area contributed by atoms with Gasteiger partial charge in [0.25, 0.3) is 0 Å². The molecule has 0 saturated carbocycles. The second-order valence-electron chi connectivity index (χ2n) is 5.25. The van der Waals surface area contributed by atoms with Crippen LogP contribution in [-0.2, 0) is 25.7 Å². The number of hydrogen-bond acceptors (Lipinski definition) is 6. The van der Waals surface area contributed by atoms with E-state index in [1.165, 1.54) is 13.8 Å². The Kier molecular flexibility index (Phi) is 7.91. The van der Waals surface area contributed by atoms with Crippen molar-refractivity contribution in [3.8, 4) is 0 Å². The maximum absolute atomic E-state index is 11.7. The fourth-order valence-corrected chi connectivity index (χ4v) is 1.68. The molecule has 25 heavy (non-hydrogen) atoms. The second-order valence-corrected chi connectivity index (χ2v) is 5.25. The van der Waals surface area contributed by atoms with Gasteiger partial charge in [0.15, 0.2) is 0 Å². The van der Waals surface area contributed by atoms with Gasteiger partial charge in [0.1, 0.15) is 19.2 Å². The number of rotatable bonds is 8. The predicted octanol–water partition coefficient (Wildman–Crippen LogP) is -1.33. The van der Waals surface area contributed by atoms with Crippen LogP contribution in [0.1, 0.15) is 19.4 Å². The molecule has 0 aliphatic carbocycles. The van der Waals surface area contributed by atoms with Gasteiger partial charge in [-0.1, -0.05) is 30.3 Å². The van der Waals surface area contributed by atoms with Crippen LogP contribution in [0.3, 0.4) is 0 Å². The first-order chi connectivity index (χ1) is 11.8. The van der Waals surface area contributed by atoms with Crippen LogP contribution in [0.4, 0.5) is 4.79 Å². The van der Waals surface area contributed by atoms with Crippen LogP contribution in [0.15, 0.2) is 30.3 Å². The summed E-state index contributed by atoms with van der Waals surface area (Å²) in [4.78, 5) is 45.4. The molecule has 3 N–H and O–H groups in total. The van der Waals surface area contributed by atoms with Crippen LogP contribution in [0.2, 0.25) is 0 Å². The molecule has 9 nitrogen and oxygen atoms in total. The van der Waals surface area contributed by atoms with E-state index in [0.29, 0.717) is 0 Å². The zero-order chi connectivity index (χ0) is 18.8. The Bertz CT molecular complexity index is 620. The van der Waals surface area contributed by atoms with Crippen LogP contribution >= 0.6 is 0 Å². The lowest BCUT2D eigenvalue weighted by Crippen LogP contribution is -2.53.